The molecule has 0 aliphatic carbocycles. The molecular weight excluding hydrogens is 374 g/mol. The molecule has 0 aromatic heterocycles. The Hall–Kier alpha value is -1.95. The van der Waals surface area contributed by atoms with E-state index in [2.05, 4.69) is 31.2 Å². The Labute approximate surface area is 173 Å². The van der Waals surface area contributed by atoms with Crippen molar-refractivity contribution < 1.29 is 14.3 Å². The van der Waals surface area contributed by atoms with Gasteiger partial charge in [0.05, 0.1) is 37.6 Å². The smallest absolute Gasteiger partial charge is 0.182 e. The molecule has 152 valence electrons. The number of nitrogens with zero attached hydrogens (tertiary/aromatic N) is 3. The van der Waals surface area contributed by atoms with Crippen molar-refractivity contribution in [3.05, 3.63) is 53.1 Å². The number of ether oxygens (including phenoxy) is 1. The number of phenols is 1. The number of hydrogen-bond donors (Lipinski definition) is 1. The number of halogens is 1. The molecule has 0 amide bonds. The van der Waals surface area contributed by atoms with E-state index in [9.17, 15) is 5.11 Å². The van der Waals surface area contributed by atoms with E-state index in [0.717, 1.165) is 24.3 Å². The van der Waals surface area contributed by atoms with Gasteiger partial charge >= 0.3 is 0 Å². The van der Waals surface area contributed by atoms with Gasteiger partial charge in [0.25, 0.3) is 0 Å². The van der Waals surface area contributed by atoms with Gasteiger partial charge < -0.3 is 14.3 Å². The Morgan fingerprint density at radius 3 is 2.36 bits per heavy atom. The second kappa shape index (κ2) is 11.1. The van der Waals surface area contributed by atoms with E-state index in [1.165, 1.54) is 19.3 Å². The lowest BCUT2D eigenvalue weighted by Crippen LogP contribution is -2.40. The van der Waals surface area contributed by atoms with Crippen molar-refractivity contribution in [2.45, 2.75) is 39.2 Å². The average molecular weight is 405 g/mol. The predicted molar refractivity (Wildman–Crippen MR) is 115 cm³/mol. The molecule has 1 N–H and O–H groups in total. The molecule has 0 aliphatic rings. The van der Waals surface area contributed by atoms with Crippen LogP contribution >= 0.6 is 11.6 Å². The summed E-state index contributed by atoms with van der Waals surface area (Å²) < 4.78 is 6.46. The fourth-order valence-corrected chi connectivity index (χ4v) is 2.96. The number of azo groups is 1. The Kier molecular flexibility index (Phi) is 8.90. The Morgan fingerprint density at radius 1 is 0.964 bits per heavy atom. The average Bonchev–Trinajstić information content (AvgIpc) is 2.66. The standard InChI is InChI=1S/C22H30ClN3O2/c1-4-5-6-7-14-28-17-26(2,3)16-18-15-21(12-13-22(18)27)25-24-20-10-8-19(23)9-11-20/h8-13,15H,4-7,14,16-17H2,1-3H3/p+1. The van der Waals surface area contributed by atoms with E-state index >= 15 is 0 Å². The van der Waals surface area contributed by atoms with E-state index in [1.807, 2.05) is 18.2 Å². The number of unbranched alkanes of at least 4 members (excludes halogenated alkanes) is 3. The first kappa shape index (κ1) is 22.3. The maximum atomic E-state index is 10.2. The molecule has 0 unspecified atom stereocenters. The van der Waals surface area contributed by atoms with Crippen LogP contribution in [-0.4, -0.2) is 37.0 Å². The monoisotopic (exact) mass is 404 g/mol. The third kappa shape index (κ3) is 7.97. The lowest BCUT2D eigenvalue weighted by molar-refractivity contribution is -0.922. The quantitative estimate of drug-likeness (QED) is 0.199. The largest absolute Gasteiger partial charge is 0.507 e. The van der Waals surface area contributed by atoms with Crippen molar-refractivity contribution >= 4 is 23.0 Å². The molecule has 2 aromatic carbocycles. The molecule has 2 rings (SSSR count). The highest BCUT2D eigenvalue weighted by Crippen LogP contribution is 2.27. The van der Waals surface area contributed by atoms with Crippen LogP contribution in [-0.2, 0) is 11.3 Å². The zero-order valence-electron chi connectivity index (χ0n) is 17.1. The molecular formula is C22H31ClN3O2+. The second-order valence-corrected chi connectivity index (χ2v) is 8.12. The maximum Gasteiger partial charge on any atom is 0.182 e. The van der Waals surface area contributed by atoms with E-state index < -0.39 is 0 Å². The fraction of sp³-hybridized carbons (Fsp3) is 0.455. The van der Waals surface area contributed by atoms with Gasteiger partial charge in [-0.3, -0.25) is 0 Å². The minimum Gasteiger partial charge on any atom is -0.507 e. The van der Waals surface area contributed by atoms with Crippen LogP contribution in [0, 0.1) is 0 Å². The zero-order chi connectivity index (χ0) is 20.4. The number of rotatable bonds is 11. The zero-order valence-corrected chi connectivity index (χ0v) is 17.8. The highest BCUT2D eigenvalue weighted by atomic mass is 35.5. The van der Waals surface area contributed by atoms with Gasteiger partial charge in [0.15, 0.2) is 6.73 Å². The fourth-order valence-electron chi connectivity index (χ4n) is 2.83. The first-order valence-electron chi connectivity index (χ1n) is 9.78. The van der Waals surface area contributed by atoms with E-state index in [4.69, 9.17) is 16.3 Å². The van der Waals surface area contributed by atoms with Crippen molar-refractivity contribution in [2.24, 2.45) is 10.2 Å². The number of benzene rings is 2. The molecule has 0 atom stereocenters. The summed E-state index contributed by atoms with van der Waals surface area (Å²) in [6, 6.07) is 12.5. The van der Waals surface area contributed by atoms with Crippen molar-refractivity contribution in [1.29, 1.82) is 0 Å². The van der Waals surface area contributed by atoms with Crippen LogP contribution in [0.25, 0.3) is 0 Å². The van der Waals surface area contributed by atoms with Crippen molar-refractivity contribution in [3.63, 3.8) is 0 Å². The number of hydrogen-bond acceptors (Lipinski definition) is 4. The van der Waals surface area contributed by atoms with Crippen LogP contribution in [0.4, 0.5) is 11.4 Å². The highest BCUT2D eigenvalue weighted by Gasteiger charge is 2.18. The molecule has 5 nitrogen and oxygen atoms in total. The van der Waals surface area contributed by atoms with E-state index in [1.54, 1.807) is 24.3 Å². The topological polar surface area (TPSA) is 54.2 Å². The maximum absolute atomic E-state index is 10.2. The molecule has 6 heteroatoms. The molecule has 28 heavy (non-hydrogen) atoms. The Bertz CT molecular complexity index is 761. The summed E-state index contributed by atoms with van der Waals surface area (Å²) in [5.41, 5.74) is 2.25. The number of quaternary nitrogens is 1. The molecule has 0 saturated heterocycles. The van der Waals surface area contributed by atoms with Gasteiger partial charge in [-0.2, -0.15) is 10.2 Å². The summed E-state index contributed by atoms with van der Waals surface area (Å²) in [6.45, 7) is 4.23. The van der Waals surface area contributed by atoms with Crippen molar-refractivity contribution in [3.8, 4) is 5.75 Å². The van der Waals surface area contributed by atoms with E-state index in [0.29, 0.717) is 28.5 Å². The van der Waals surface area contributed by atoms with Gasteiger partial charge in [-0.25, -0.2) is 0 Å². The first-order valence-corrected chi connectivity index (χ1v) is 10.2. The molecule has 2 aromatic rings. The van der Waals surface area contributed by atoms with Crippen LogP contribution in [0.1, 0.15) is 38.2 Å². The SMILES string of the molecule is CCCCCCOC[N+](C)(C)Cc1cc(N=Nc2ccc(Cl)cc2)ccc1O. The first-order chi connectivity index (χ1) is 13.4. The van der Waals surface area contributed by atoms with Gasteiger partial charge in [0.1, 0.15) is 12.3 Å². The van der Waals surface area contributed by atoms with Crippen molar-refractivity contribution in [2.75, 3.05) is 27.4 Å². The van der Waals surface area contributed by atoms with Gasteiger partial charge in [-0.05, 0) is 48.9 Å². The molecule has 0 aliphatic heterocycles. The van der Waals surface area contributed by atoms with Crippen LogP contribution < -0.4 is 0 Å². The normalized spacial score (nSPS) is 12.0. The number of aromatic hydroxyl groups is 1. The van der Waals surface area contributed by atoms with Gasteiger partial charge in [-0.1, -0.05) is 37.8 Å². The highest BCUT2D eigenvalue weighted by molar-refractivity contribution is 6.30. The molecule has 0 saturated carbocycles. The summed E-state index contributed by atoms with van der Waals surface area (Å²) in [6.07, 6.45) is 4.80. The Balaban J connectivity index is 1.95. The summed E-state index contributed by atoms with van der Waals surface area (Å²) in [5, 5.41) is 19.4. The lowest BCUT2D eigenvalue weighted by atomic mass is 10.1. The van der Waals surface area contributed by atoms with Crippen molar-refractivity contribution in [1.82, 2.24) is 0 Å². The van der Waals surface area contributed by atoms with Gasteiger partial charge in [0, 0.05) is 5.02 Å². The van der Waals surface area contributed by atoms with Gasteiger partial charge in [-0.15, -0.1) is 0 Å². The van der Waals surface area contributed by atoms with Crippen LogP contribution in [0.2, 0.25) is 5.02 Å². The second-order valence-electron chi connectivity index (χ2n) is 7.68. The van der Waals surface area contributed by atoms with Gasteiger partial charge in [0.2, 0.25) is 0 Å². The molecule has 0 radical (unpaired) electrons. The minimum absolute atomic E-state index is 0.264. The predicted octanol–water partition coefficient (Wildman–Crippen LogP) is 6.59. The third-order valence-corrected chi connectivity index (χ3v) is 4.60. The third-order valence-electron chi connectivity index (χ3n) is 4.35. The van der Waals surface area contributed by atoms with Crippen LogP contribution in [0.15, 0.2) is 52.7 Å². The molecule has 0 spiro atoms. The lowest BCUT2D eigenvalue weighted by Gasteiger charge is -2.29. The summed E-state index contributed by atoms with van der Waals surface area (Å²) in [5.74, 6) is 0.264. The van der Waals surface area contributed by atoms with Crippen LogP contribution in [0.5, 0.6) is 5.75 Å². The summed E-state index contributed by atoms with van der Waals surface area (Å²) in [4.78, 5) is 0. The molecule has 0 bridgehead atoms. The minimum atomic E-state index is 0.264. The molecule has 0 heterocycles. The van der Waals surface area contributed by atoms with Crippen LogP contribution in [0.3, 0.4) is 0 Å². The summed E-state index contributed by atoms with van der Waals surface area (Å²) in [7, 11) is 4.18. The molecule has 0 fully saturated rings. The van der Waals surface area contributed by atoms with E-state index in [-0.39, 0.29) is 5.75 Å². The summed E-state index contributed by atoms with van der Waals surface area (Å²) >= 11 is 5.88. The Morgan fingerprint density at radius 2 is 1.64 bits per heavy atom. The number of phenolic OH excluding ortho intramolecular Hbond substituents is 1.